The van der Waals surface area contributed by atoms with Crippen LogP contribution in [0.1, 0.15) is 12.5 Å². The van der Waals surface area contributed by atoms with Crippen LogP contribution in [0.5, 0.6) is 5.75 Å². The standard InChI is InChI=1S/C17H19N3O/c1-3-20-11-9-15-16(8-10-18-17(15)20)19-12-13-4-6-14(21-2)7-5-13/h4-11H,3,12H2,1-2H3,(H,18,19). The first-order valence-corrected chi connectivity index (χ1v) is 7.12. The second kappa shape index (κ2) is 5.87. The minimum Gasteiger partial charge on any atom is -0.497 e. The minimum absolute atomic E-state index is 0.778. The Bertz CT molecular complexity index is 731. The van der Waals surface area contributed by atoms with E-state index in [1.165, 1.54) is 5.56 Å². The average Bonchev–Trinajstić information content (AvgIpc) is 2.97. The number of pyridine rings is 1. The molecule has 4 heteroatoms. The van der Waals surface area contributed by atoms with Crippen LogP contribution in [0.15, 0.2) is 48.8 Å². The van der Waals surface area contributed by atoms with Gasteiger partial charge in [-0.3, -0.25) is 0 Å². The van der Waals surface area contributed by atoms with Gasteiger partial charge >= 0.3 is 0 Å². The molecule has 2 heterocycles. The maximum atomic E-state index is 5.17. The quantitative estimate of drug-likeness (QED) is 0.775. The second-order valence-electron chi connectivity index (χ2n) is 4.90. The Balaban J connectivity index is 1.79. The number of aromatic nitrogens is 2. The van der Waals surface area contributed by atoms with E-state index in [1.54, 1.807) is 7.11 Å². The van der Waals surface area contributed by atoms with Crippen molar-refractivity contribution < 1.29 is 4.74 Å². The third kappa shape index (κ3) is 2.70. The lowest BCUT2D eigenvalue weighted by Crippen LogP contribution is -2.01. The molecule has 0 radical (unpaired) electrons. The van der Waals surface area contributed by atoms with Gasteiger partial charge in [-0.1, -0.05) is 12.1 Å². The molecular formula is C17H19N3O. The maximum Gasteiger partial charge on any atom is 0.141 e. The van der Waals surface area contributed by atoms with Crippen molar-refractivity contribution in [2.45, 2.75) is 20.0 Å². The molecule has 0 aliphatic carbocycles. The van der Waals surface area contributed by atoms with Crippen LogP contribution < -0.4 is 10.1 Å². The minimum atomic E-state index is 0.778. The Morgan fingerprint density at radius 3 is 2.67 bits per heavy atom. The number of hydrogen-bond acceptors (Lipinski definition) is 3. The summed E-state index contributed by atoms with van der Waals surface area (Å²) in [4.78, 5) is 4.46. The summed E-state index contributed by atoms with van der Waals surface area (Å²) in [5.74, 6) is 0.880. The van der Waals surface area contributed by atoms with Gasteiger partial charge in [0.2, 0.25) is 0 Å². The van der Waals surface area contributed by atoms with Crippen LogP contribution in [0.4, 0.5) is 5.69 Å². The molecule has 0 unspecified atom stereocenters. The van der Waals surface area contributed by atoms with Gasteiger partial charge < -0.3 is 14.6 Å². The van der Waals surface area contributed by atoms with Crippen LogP contribution >= 0.6 is 0 Å². The zero-order chi connectivity index (χ0) is 14.7. The molecule has 4 nitrogen and oxygen atoms in total. The number of methoxy groups -OCH3 is 1. The van der Waals surface area contributed by atoms with Gasteiger partial charge in [0.25, 0.3) is 0 Å². The highest BCUT2D eigenvalue weighted by molar-refractivity contribution is 5.89. The molecule has 0 spiro atoms. The number of nitrogens with one attached hydrogen (secondary N) is 1. The zero-order valence-electron chi connectivity index (χ0n) is 12.3. The molecule has 0 saturated carbocycles. The van der Waals surface area contributed by atoms with E-state index in [0.29, 0.717) is 0 Å². The lowest BCUT2D eigenvalue weighted by molar-refractivity contribution is 0.414. The Labute approximate surface area is 124 Å². The Kier molecular flexibility index (Phi) is 3.77. The largest absolute Gasteiger partial charge is 0.497 e. The normalized spacial score (nSPS) is 10.8. The predicted octanol–water partition coefficient (Wildman–Crippen LogP) is 3.68. The number of aryl methyl sites for hydroxylation is 1. The Morgan fingerprint density at radius 2 is 1.95 bits per heavy atom. The second-order valence-corrected chi connectivity index (χ2v) is 4.90. The monoisotopic (exact) mass is 281 g/mol. The summed E-state index contributed by atoms with van der Waals surface area (Å²) >= 11 is 0. The van der Waals surface area contributed by atoms with Crippen molar-refractivity contribution in [1.29, 1.82) is 0 Å². The lowest BCUT2D eigenvalue weighted by Gasteiger charge is -2.09. The van der Waals surface area contributed by atoms with Crippen molar-refractivity contribution in [2.24, 2.45) is 0 Å². The van der Waals surface area contributed by atoms with Gasteiger partial charge in [-0.25, -0.2) is 4.98 Å². The molecule has 3 rings (SSSR count). The number of nitrogens with zero attached hydrogens (tertiary/aromatic N) is 2. The van der Waals surface area contributed by atoms with Crippen molar-refractivity contribution in [3.05, 3.63) is 54.4 Å². The van der Waals surface area contributed by atoms with E-state index in [2.05, 4.69) is 46.2 Å². The average molecular weight is 281 g/mol. The lowest BCUT2D eigenvalue weighted by atomic mass is 10.2. The van der Waals surface area contributed by atoms with Crippen LogP contribution in [-0.4, -0.2) is 16.7 Å². The topological polar surface area (TPSA) is 39.1 Å². The van der Waals surface area contributed by atoms with Gasteiger partial charge in [-0.2, -0.15) is 0 Å². The molecule has 0 aliphatic heterocycles. The van der Waals surface area contributed by atoms with Gasteiger partial charge in [-0.05, 0) is 36.8 Å². The van der Waals surface area contributed by atoms with E-state index in [9.17, 15) is 0 Å². The summed E-state index contributed by atoms with van der Waals surface area (Å²) in [5, 5.41) is 4.64. The van der Waals surface area contributed by atoms with Gasteiger partial charge in [0.1, 0.15) is 11.4 Å². The summed E-state index contributed by atoms with van der Waals surface area (Å²) < 4.78 is 7.32. The summed E-state index contributed by atoms with van der Waals surface area (Å²) in [7, 11) is 1.68. The number of fused-ring (bicyclic) bond motifs is 1. The zero-order valence-corrected chi connectivity index (χ0v) is 12.3. The Hall–Kier alpha value is -2.49. The molecule has 0 saturated heterocycles. The summed E-state index contributed by atoms with van der Waals surface area (Å²) in [6.45, 7) is 3.83. The predicted molar refractivity (Wildman–Crippen MR) is 85.7 cm³/mol. The van der Waals surface area contributed by atoms with Crippen molar-refractivity contribution in [1.82, 2.24) is 9.55 Å². The molecular weight excluding hydrogens is 262 g/mol. The molecule has 0 fully saturated rings. The first-order valence-electron chi connectivity index (χ1n) is 7.12. The highest BCUT2D eigenvalue weighted by Gasteiger charge is 2.05. The highest BCUT2D eigenvalue weighted by atomic mass is 16.5. The van der Waals surface area contributed by atoms with E-state index in [4.69, 9.17) is 4.74 Å². The summed E-state index contributed by atoms with van der Waals surface area (Å²) in [6.07, 6.45) is 3.93. The third-order valence-electron chi connectivity index (χ3n) is 3.65. The van der Waals surface area contributed by atoms with Crippen LogP contribution in [0.25, 0.3) is 11.0 Å². The Morgan fingerprint density at radius 1 is 1.14 bits per heavy atom. The van der Waals surface area contributed by atoms with E-state index in [-0.39, 0.29) is 0 Å². The molecule has 3 aromatic rings. The molecule has 0 bridgehead atoms. The van der Waals surface area contributed by atoms with Gasteiger partial charge in [0.15, 0.2) is 0 Å². The van der Waals surface area contributed by atoms with Crippen LogP contribution in [-0.2, 0) is 13.1 Å². The highest BCUT2D eigenvalue weighted by Crippen LogP contribution is 2.23. The SMILES string of the molecule is CCn1ccc2c(NCc3ccc(OC)cc3)ccnc21. The van der Waals surface area contributed by atoms with Crippen LogP contribution in [0.2, 0.25) is 0 Å². The fourth-order valence-corrected chi connectivity index (χ4v) is 2.44. The molecule has 0 amide bonds. The summed E-state index contributed by atoms with van der Waals surface area (Å²) in [6, 6.07) is 12.2. The maximum absolute atomic E-state index is 5.17. The number of ether oxygens (including phenoxy) is 1. The molecule has 21 heavy (non-hydrogen) atoms. The first-order chi connectivity index (χ1) is 10.3. The number of anilines is 1. The van der Waals surface area contributed by atoms with Crippen molar-refractivity contribution in [3.63, 3.8) is 0 Å². The summed E-state index contributed by atoms with van der Waals surface area (Å²) in [5.41, 5.74) is 3.36. The van der Waals surface area contributed by atoms with Gasteiger partial charge in [0, 0.05) is 36.6 Å². The first kappa shape index (κ1) is 13.5. The molecule has 1 N–H and O–H groups in total. The van der Waals surface area contributed by atoms with Gasteiger partial charge in [-0.15, -0.1) is 0 Å². The van der Waals surface area contributed by atoms with Gasteiger partial charge in [0.05, 0.1) is 7.11 Å². The van der Waals surface area contributed by atoms with Crippen LogP contribution in [0.3, 0.4) is 0 Å². The smallest absolute Gasteiger partial charge is 0.141 e. The molecule has 108 valence electrons. The molecule has 0 atom stereocenters. The van der Waals surface area contributed by atoms with E-state index in [1.807, 2.05) is 24.4 Å². The molecule has 1 aromatic carbocycles. The number of rotatable bonds is 5. The molecule has 0 aliphatic rings. The van der Waals surface area contributed by atoms with Crippen molar-refractivity contribution in [3.8, 4) is 5.75 Å². The van der Waals surface area contributed by atoms with Crippen LogP contribution in [0, 0.1) is 0 Å². The third-order valence-corrected chi connectivity index (χ3v) is 3.65. The molecule has 2 aromatic heterocycles. The van der Waals surface area contributed by atoms with Crippen molar-refractivity contribution >= 4 is 16.7 Å². The number of hydrogen-bond donors (Lipinski definition) is 1. The van der Waals surface area contributed by atoms with E-state index < -0.39 is 0 Å². The fourth-order valence-electron chi connectivity index (χ4n) is 2.44. The van der Waals surface area contributed by atoms with Crippen molar-refractivity contribution in [2.75, 3.05) is 12.4 Å². The van der Waals surface area contributed by atoms with E-state index in [0.717, 1.165) is 35.6 Å². The number of benzene rings is 1. The van der Waals surface area contributed by atoms with E-state index >= 15 is 0 Å². The fraction of sp³-hybridized carbons (Fsp3) is 0.235.